The minimum atomic E-state index is -0.654. The maximum absolute atomic E-state index is 12.7. The number of aromatic nitrogens is 1. The van der Waals surface area contributed by atoms with Crippen LogP contribution in [-0.4, -0.2) is 21.3 Å². The Kier molecular flexibility index (Phi) is 6.02. The van der Waals surface area contributed by atoms with Crippen LogP contribution in [0.4, 0.5) is 17.1 Å². The number of hydrogen-bond acceptors (Lipinski definition) is 5. The van der Waals surface area contributed by atoms with Crippen molar-refractivity contribution >= 4 is 28.9 Å². The number of rotatable bonds is 6. The second-order valence-corrected chi connectivity index (χ2v) is 6.53. The van der Waals surface area contributed by atoms with E-state index < -0.39 is 28.8 Å². The summed E-state index contributed by atoms with van der Waals surface area (Å²) in [5.74, 6) is -1.02. The number of nitrogens with zero attached hydrogens (tertiary/aromatic N) is 2. The van der Waals surface area contributed by atoms with Gasteiger partial charge in [0, 0.05) is 17.8 Å². The van der Waals surface area contributed by atoms with Crippen molar-refractivity contribution in [1.82, 2.24) is 4.57 Å². The molecule has 0 aliphatic rings. The van der Waals surface area contributed by atoms with Crippen molar-refractivity contribution in [2.24, 2.45) is 0 Å². The summed E-state index contributed by atoms with van der Waals surface area (Å²) in [6.07, 6.45) is 0.998. The molecule has 2 N–H and O–H groups in total. The lowest BCUT2D eigenvalue weighted by molar-refractivity contribution is -0.385. The molecule has 9 nitrogen and oxygen atoms in total. The molecule has 3 rings (SSSR count). The number of nitro groups is 1. The highest BCUT2D eigenvalue weighted by molar-refractivity contribution is 6.10. The lowest BCUT2D eigenvalue weighted by Crippen LogP contribution is -2.27. The molecule has 0 saturated heterocycles. The fraction of sp³-hybridized carbons (Fsp3) is 0.0952. The normalized spacial score (nSPS) is 10.3. The number of para-hydroxylation sites is 1. The number of carbonyl (C=O) groups is 2. The maximum Gasteiger partial charge on any atom is 0.285 e. The van der Waals surface area contributed by atoms with Gasteiger partial charge in [-0.15, -0.1) is 0 Å². The van der Waals surface area contributed by atoms with Crippen LogP contribution in [0, 0.1) is 17.0 Å². The number of hydrogen-bond donors (Lipinski definition) is 2. The lowest BCUT2D eigenvalue weighted by Gasteiger charge is -2.12. The molecule has 1 heterocycles. The highest BCUT2D eigenvalue weighted by Gasteiger charge is 2.15. The predicted molar refractivity (Wildman–Crippen MR) is 112 cm³/mol. The number of pyridine rings is 1. The first-order chi connectivity index (χ1) is 14.3. The van der Waals surface area contributed by atoms with Crippen LogP contribution < -0.4 is 16.2 Å². The molecule has 0 unspecified atom stereocenters. The summed E-state index contributed by atoms with van der Waals surface area (Å²) in [6.45, 7) is 1.47. The number of amides is 2. The van der Waals surface area contributed by atoms with Gasteiger partial charge in [0.05, 0.1) is 22.4 Å². The van der Waals surface area contributed by atoms with Crippen LogP contribution in [0.1, 0.15) is 15.9 Å². The van der Waals surface area contributed by atoms with Gasteiger partial charge in [-0.05, 0) is 36.8 Å². The zero-order chi connectivity index (χ0) is 21.7. The van der Waals surface area contributed by atoms with Crippen molar-refractivity contribution in [1.29, 1.82) is 0 Å². The van der Waals surface area contributed by atoms with Crippen molar-refractivity contribution in [3.8, 4) is 0 Å². The molecule has 0 bridgehead atoms. The number of aryl methyl sites for hydroxylation is 1. The van der Waals surface area contributed by atoms with Crippen molar-refractivity contribution < 1.29 is 14.5 Å². The van der Waals surface area contributed by atoms with E-state index in [9.17, 15) is 24.5 Å². The van der Waals surface area contributed by atoms with Gasteiger partial charge in [-0.3, -0.25) is 29.1 Å². The van der Waals surface area contributed by atoms with E-state index in [0.29, 0.717) is 5.69 Å². The van der Waals surface area contributed by atoms with Gasteiger partial charge in [-0.1, -0.05) is 24.3 Å². The van der Waals surface area contributed by atoms with E-state index in [0.717, 1.165) is 28.5 Å². The summed E-state index contributed by atoms with van der Waals surface area (Å²) in [5, 5.41) is 16.2. The Morgan fingerprint density at radius 3 is 2.53 bits per heavy atom. The van der Waals surface area contributed by atoms with E-state index in [-0.39, 0.29) is 16.9 Å². The smallest absolute Gasteiger partial charge is 0.285 e. The number of nitrogens with one attached hydrogen (secondary N) is 2. The van der Waals surface area contributed by atoms with Gasteiger partial charge < -0.3 is 10.6 Å². The van der Waals surface area contributed by atoms with E-state index in [1.54, 1.807) is 30.3 Å². The van der Waals surface area contributed by atoms with Crippen LogP contribution in [0.2, 0.25) is 0 Å². The molecular weight excluding hydrogens is 388 g/mol. The molecular formula is C21H18N4O5. The summed E-state index contributed by atoms with van der Waals surface area (Å²) >= 11 is 0. The maximum atomic E-state index is 12.7. The van der Waals surface area contributed by atoms with Gasteiger partial charge in [-0.25, -0.2) is 0 Å². The average Bonchev–Trinajstić information content (AvgIpc) is 2.70. The molecule has 0 radical (unpaired) electrons. The number of anilines is 2. The largest absolute Gasteiger partial charge is 0.324 e. The van der Waals surface area contributed by atoms with Crippen LogP contribution in [0.5, 0.6) is 0 Å². The van der Waals surface area contributed by atoms with E-state index in [1.165, 1.54) is 0 Å². The molecule has 30 heavy (non-hydrogen) atoms. The van der Waals surface area contributed by atoms with Crippen LogP contribution in [0.3, 0.4) is 0 Å². The van der Waals surface area contributed by atoms with Crippen LogP contribution in [-0.2, 0) is 11.3 Å². The summed E-state index contributed by atoms with van der Waals surface area (Å²) in [5.41, 5.74) is 1.23. The van der Waals surface area contributed by atoms with E-state index in [4.69, 9.17) is 0 Å². The molecule has 9 heteroatoms. The predicted octanol–water partition coefficient (Wildman–Crippen LogP) is 2.96. The third kappa shape index (κ3) is 4.96. The Bertz CT molecular complexity index is 1190. The first-order valence-corrected chi connectivity index (χ1v) is 8.95. The van der Waals surface area contributed by atoms with Crippen molar-refractivity contribution in [3.63, 3.8) is 0 Å². The fourth-order valence-electron chi connectivity index (χ4n) is 2.81. The first-order valence-electron chi connectivity index (χ1n) is 8.95. The molecule has 0 aliphatic heterocycles. The second kappa shape index (κ2) is 8.82. The Labute approximate surface area is 171 Å². The Morgan fingerprint density at radius 2 is 1.80 bits per heavy atom. The summed E-state index contributed by atoms with van der Waals surface area (Å²) in [6, 6.07) is 15.8. The summed E-state index contributed by atoms with van der Waals surface area (Å²) < 4.78 is 0.933. The zero-order valence-electron chi connectivity index (χ0n) is 16.0. The van der Waals surface area contributed by atoms with Gasteiger partial charge >= 0.3 is 0 Å². The van der Waals surface area contributed by atoms with Crippen molar-refractivity contribution in [3.05, 3.63) is 98.5 Å². The van der Waals surface area contributed by atoms with Gasteiger partial charge in [0.2, 0.25) is 5.91 Å². The number of carbonyl (C=O) groups excluding carboxylic acids is 2. The van der Waals surface area contributed by atoms with Gasteiger partial charge in [-0.2, -0.15) is 0 Å². The van der Waals surface area contributed by atoms with Crippen LogP contribution in [0.25, 0.3) is 0 Å². The quantitative estimate of drug-likeness (QED) is 0.481. The van der Waals surface area contributed by atoms with Gasteiger partial charge in [0.15, 0.2) is 0 Å². The van der Waals surface area contributed by atoms with Crippen LogP contribution in [0.15, 0.2) is 71.7 Å². The Morgan fingerprint density at radius 1 is 1.03 bits per heavy atom. The molecule has 0 atom stereocenters. The van der Waals surface area contributed by atoms with E-state index in [2.05, 4.69) is 10.6 Å². The summed E-state index contributed by atoms with van der Waals surface area (Å²) in [7, 11) is 0. The zero-order valence-corrected chi connectivity index (χ0v) is 16.0. The third-order valence-corrected chi connectivity index (χ3v) is 4.21. The molecule has 2 aromatic carbocycles. The molecule has 1 aromatic heterocycles. The standard InChI is InChI=1S/C21H18N4O5/c1-14-5-4-6-15(11-14)22-21(28)17-7-2-3-8-18(17)23-19(26)13-24-12-16(25(29)30)9-10-20(24)27/h2-12H,13H2,1H3,(H,22,28)(H,23,26). The van der Waals surface area contributed by atoms with Gasteiger partial charge in [0.25, 0.3) is 17.2 Å². The monoisotopic (exact) mass is 406 g/mol. The second-order valence-electron chi connectivity index (χ2n) is 6.53. The SMILES string of the molecule is Cc1cccc(NC(=O)c2ccccc2NC(=O)Cn2cc([N+](=O)[O-])ccc2=O)c1. The lowest BCUT2D eigenvalue weighted by atomic mass is 10.1. The van der Waals surface area contributed by atoms with E-state index >= 15 is 0 Å². The summed E-state index contributed by atoms with van der Waals surface area (Å²) in [4.78, 5) is 47.2. The topological polar surface area (TPSA) is 123 Å². The van der Waals surface area contributed by atoms with Gasteiger partial charge in [0.1, 0.15) is 6.54 Å². The fourth-order valence-corrected chi connectivity index (χ4v) is 2.81. The molecule has 2 amide bonds. The molecule has 0 saturated carbocycles. The molecule has 0 spiro atoms. The number of benzene rings is 2. The minimum Gasteiger partial charge on any atom is -0.324 e. The van der Waals surface area contributed by atoms with Crippen LogP contribution >= 0.6 is 0 Å². The van der Waals surface area contributed by atoms with Crippen molar-refractivity contribution in [2.45, 2.75) is 13.5 Å². The Balaban J connectivity index is 1.77. The molecule has 3 aromatic rings. The van der Waals surface area contributed by atoms with Crippen molar-refractivity contribution in [2.75, 3.05) is 10.6 Å². The highest BCUT2D eigenvalue weighted by atomic mass is 16.6. The minimum absolute atomic E-state index is 0.235. The molecule has 0 aliphatic carbocycles. The average molecular weight is 406 g/mol. The van der Waals surface area contributed by atoms with E-state index in [1.807, 2.05) is 25.1 Å². The highest BCUT2D eigenvalue weighted by Crippen LogP contribution is 2.18. The Hall–Kier alpha value is -4.27. The third-order valence-electron chi connectivity index (χ3n) is 4.21. The molecule has 152 valence electrons. The molecule has 0 fully saturated rings. The first kappa shape index (κ1) is 20.5.